The molecule has 92 valence electrons. The van der Waals surface area contributed by atoms with Crippen molar-refractivity contribution < 1.29 is 0 Å². The molecule has 0 saturated carbocycles. The third-order valence-corrected chi connectivity index (χ3v) is 4.32. The zero-order valence-electron chi connectivity index (χ0n) is 11.8. The molecule has 0 nitrogen and oxygen atoms in total. The van der Waals surface area contributed by atoms with Crippen LogP contribution in [-0.2, 0) is 0 Å². The van der Waals surface area contributed by atoms with E-state index in [0.29, 0.717) is 0 Å². The lowest BCUT2D eigenvalue weighted by molar-refractivity contribution is 0.297. The summed E-state index contributed by atoms with van der Waals surface area (Å²) >= 11 is 0. The average Bonchev–Trinajstić information content (AvgIpc) is 2.22. The van der Waals surface area contributed by atoms with Crippen LogP contribution in [0.5, 0.6) is 0 Å². The Bertz CT molecular complexity index is 137. The molecule has 0 heteroatoms. The molecule has 0 spiro atoms. The minimum atomic E-state index is 0.869. The summed E-state index contributed by atoms with van der Waals surface area (Å²) in [6.07, 6.45) is 6.99. The molecule has 0 aromatic heterocycles. The van der Waals surface area contributed by atoms with Crippen molar-refractivity contribution in [1.29, 1.82) is 0 Å². The van der Waals surface area contributed by atoms with Crippen LogP contribution in [0.1, 0.15) is 73.6 Å². The molecular formula is C15H32. The van der Waals surface area contributed by atoms with Crippen molar-refractivity contribution in [2.75, 3.05) is 0 Å². The second-order valence-electron chi connectivity index (χ2n) is 5.71. The molecule has 0 aromatic carbocycles. The SMILES string of the molecule is CCC(C)C(C)CCCC(CC)C(C)C. The van der Waals surface area contributed by atoms with Crippen LogP contribution in [0.25, 0.3) is 0 Å². The molecule has 3 unspecified atom stereocenters. The Balaban J connectivity index is 3.68. The van der Waals surface area contributed by atoms with E-state index in [1.165, 1.54) is 32.1 Å². The van der Waals surface area contributed by atoms with Crippen LogP contribution in [0.15, 0.2) is 0 Å². The van der Waals surface area contributed by atoms with Gasteiger partial charge in [0.25, 0.3) is 0 Å². The molecule has 0 rings (SSSR count). The Morgan fingerprint density at radius 2 is 1.33 bits per heavy atom. The maximum atomic E-state index is 2.42. The van der Waals surface area contributed by atoms with Gasteiger partial charge in [-0.15, -0.1) is 0 Å². The van der Waals surface area contributed by atoms with Crippen LogP contribution in [0, 0.1) is 23.7 Å². The van der Waals surface area contributed by atoms with Gasteiger partial charge in [-0.2, -0.15) is 0 Å². The number of rotatable bonds is 8. The smallest absolute Gasteiger partial charge is 0.0394 e. The summed E-state index contributed by atoms with van der Waals surface area (Å²) < 4.78 is 0. The monoisotopic (exact) mass is 212 g/mol. The van der Waals surface area contributed by atoms with Gasteiger partial charge >= 0.3 is 0 Å². The van der Waals surface area contributed by atoms with E-state index in [9.17, 15) is 0 Å². The molecule has 0 aromatic rings. The number of hydrogen-bond acceptors (Lipinski definition) is 0. The average molecular weight is 212 g/mol. The first-order valence-corrected chi connectivity index (χ1v) is 7.02. The maximum Gasteiger partial charge on any atom is -0.0394 e. The van der Waals surface area contributed by atoms with Gasteiger partial charge in [-0.05, 0) is 23.7 Å². The van der Waals surface area contributed by atoms with Crippen molar-refractivity contribution >= 4 is 0 Å². The highest BCUT2D eigenvalue weighted by atomic mass is 14.2. The van der Waals surface area contributed by atoms with Gasteiger partial charge in [-0.3, -0.25) is 0 Å². The van der Waals surface area contributed by atoms with E-state index in [4.69, 9.17) is 0 Å². The molecule has 0 aliphatic carbocycles. The zero-order chi connectivity index (χ0) is 11.8. The highest BCUT2D eigenvalue weighted by Crippen LogP contribution is 2.25. The second kappa shape index (κ2) is 8.19. The summed E-state index contributed by atoms with van der Waals surface area (Å²) in [7, 11) is 0. The predicted octanol–water partition coefficient (Wildman–Crippen LogP) is 5.52. The quantitative estimate of drug-likeness (QED) is 0.497. The lowest BCUT2D eigenvalue weighted by Crippen LogP contribution is -2.10. The fraction of sp³-hybridized carbons (Fsp3) is 1.00. The molecule has 0 fully saturated rings. The van der Waals surface area contributed by atoms with Crippen molar-refractivity contribution in [2.45, 2.75) is 73.6 Å². The summed E-state index contributed by atoms with van der Waals surface area (Å²) in [4.78, 5) is 0. The summed E-state index contributed by atoms with van der Waals surface area (Å²) in [5.74, 6) is 3.65. The molecule has 0 aliphatic heterocycles. The first-order valence-electron chi connectivity index (χ1n) is 7.02. The Labute approximate surface area is 97.8 Å². The standard InChI is InChI=1S/C15H32/c1-7-13(5)14(6)10-9-11-15(8-2)12(3)4/h12-15H,7-11H2,1-6H3. The van der Waals surface area contributed by atoms with E-state index in [0.717, 1.165) is 23.7 Å². The van der Waals surface area contributed by atoms with Crippen LogP contribution in [0.2, 0.25) is 0 Å². The van der Waals surface area contributed by atoms with E-state index >= 15 is 0 Å². The zero-order valence-corrected chi connectivity index (χ0v) is 11.8. The minimum Gasteiger partial charge on any atom is -0.0651 e. The second-order valence-corrected chi connectivity index (χ2v) is 5.71. The van der Waals surface area contributed by atoms with E-state index in [2.05, 4.69) is 41.5 Å². The van der Waals surface area contributed by atoms with Crippen LogP contribution in [0.4, 0.5) is 0 Å². The Hall–Kier alpha value is 0. The Morgan fingerprint density at radius 1 is 0.733 bits per heavy atom. The van der Waals surface area contributed by atoms with E-state index < -0.39 is 0 Å². The molecule has 3 atom stereocenters. The van der Waals surface area contributed by atoms with Gasteiger partial charge in [0.05, 0.1) is 0 Å². The highest BCUT2D eigenvalue weighted by Gasteiger charge is 2.13. The molecule has 0 radical (unpaired) electrons. The largest absolute Gasteiger partial charge is 0.0651 e. The third kappa shape index (κ3) is 6.22. The van der Waals surface area contributed by atoms with E-state index in [1.54, 1.807) is 0 Å². The molecule has 0 N–H and O–H groups in total. The fourth-order valence-corrected chi connectivity index (χ4v) is 2.40. The highest BCUT2D eigenvalue weighted by molar-refractivity contribution is 4.65. The van der Waals surface area contributed by atoms with Gasteiger partial charge in [0, 0.05) is 0 Å². The fourth-order valence-electron chi connectivity index (χ4n) is 2.40. The van der Waals surface area contributed by atoms with E-state index in [-0.39, 0.29) is 0 Å². The van der Waals surface area contributed by atoms with Crippen LogP contribution >= 0.6 is 0 Å². The normalized spacial score (nSPS) is 17.8. The first-order chi connectivity index (χ1) is 7.02. The molecule has 0 amide bonds. The molecule has 15 heavy (non-hydrogen) atoms. The first kappa shape index (κ1) is 15.0. The molecule has 0 bridgehead atoms. The van der Waals surface area contributed by atoms with Crippen LogP contribution in [-0.4, -0.2) is 0 Å². The van der Waals surface area contributed by atoms with Gasteiger partial charge in [-0.1, -0.05) is 73.6 Å². The molecular weight excluding hydrogens is 180 g/mol. The third-order valence-electron chi connectivity index (χ3n) is 4.32. The topological polar surface area (TPSA) is 0 Å². The van der Waals surface area contributed by atoms with Gasteiger partial charge in [0.1, 0.15) is 0 Å². The lowest BCUT2D eigenvalue weighted by Gasteiger charge is -2.22. The van der Waals surface area contributed by atoms with E-state index in [1.807, 2.05) is 0 Å². The number of hydrogen-bond donors (Lipinski definition) is 0. The maximum absolute atomic E-state index is 2.42. The predicted molar refractivity (Wildman–Crippen MR) is 71.1 cm³/mol. The van der Waals surface area contributed by atoms with Gasteiger partial charge < -0.3 is 0 Å². The van der Waals surface area contributed by atoms with Crippen molar-refractivity contribution in [3.63, 3.8) is 0 Å². The molecule has 0 saturated heterocycles. The molecule has 0 aliphatic rings. The summed E-state index contributed by atoms with van der Waals surface area (Å²) in [6.45, 7) is 14.2. The summed E-state index contributed by atoms with van der Waals surface area (Å²) in [5.41, 5.74) is 0. The van der Waals surface area contributed by atoms with Crippen molar-refractivity contribution in [3.05, 3.63) is 0 Å². The Morgan fingerprint density at radius 3 is 1.73 bits per heavy atom. The minimum absolute atomic E-state index is 0.869. The Kier molecular flexibility index (Phi) is 8.19. The lowest BCUT2D eigenvalue weighted by atomic mass is 9.84. The van der Waals surface area contributed by atoms with Crippen molar-refractivity contribution in [2.24, 2.45) is 23.7 Å². The van der Waals surface area contributed by atoms with Crippen LogP contribution in [0.3, 0.4) is 0 Å². The van der Waals surface area contributed by atoms with Crippen LogP contribution < -0.4 is 0 Å². The summed E-state index contributed by atoms with van der Waals surface area (Å²) in [5, 5.41) is 0. The van der Waals surface area contributed by atoms with Gasteiger partial charge in [0.15, 0.2) is 0 Å². The van der Waals surface area contributed by atoms with Gasteiger partial charge in [-0.25, -0.2) is 0 Å². The van der Waals surface area contributed by atoms with Crippen molar-refractivity contribution in [3.8, 4) is 0 Å². The summed E-state index contributed by atoms with van der Waals surface area (Å²) in [6, 6.07) is 0. The molecule has 0 heterocycles. The van der Waals surface area contributed by atoms with Gasteiger partial charge in [0.2, 0.25) is 0 Å². The van der Waals surface area contributed by atoms with Crippen molar-refractivity contribution in [1.82, 2.24) is 0 Å².